The second-order valence-electron chi connectivity index (χ2n) is 6.74. The SMILES string of the molecule is O=Cc1c(O)cccc1OCC1=C(c2ccnn2C2COC2)CCCC1. The van der Waals surface area contributed by atoms with Crippen molar-refractivity contribution < 1.29 is 19.4 Å². The van der Waals surface area contributed by atoms with E-state index in [1.165, 1.54) is 17.2 Å². The number of aromatic nitrogens is 2. The van der Waals surface area contributed by atoms with Gasteiger partial charge in [-0.15, -0.1) is 0 Å². The number of hydrogen-bond donors (Lipinski definition) is 1. The van der Waals surface area contributed by atoms with Crippen LogP contribution in [0.2, 0.25) is 0 Å². The number of aromatic hydroxyl groups is 1. The van der Waals surface area contributed by atoms with Crippen molar-refractivity contribution in [3.63, 3.8) is 0 Å². The van der Waals surface area contributed by atoms with Crippen LogP contribution in [0, 0.1) is 0 Å². The summed E-state index contributed by atoms with van der Waals surface area (Å²) in [4.78, 5) is 11.2. The molecule has 26 heavy (non-hydrogen) atoms. The van der Waals surface area contributed by atoms with Gasteiger partial charge in [-0.1, -0.05) is 6.07 Å². The molecule has 0 saturated carbocycles. The Hall–Kier alpha value is -2.60. The molecule has 1 N–H and O–H groups in total. The van der Waals surface area contributed by atoms with E-state index in [0.717, 1.165) is 31.4 Å². The first-order valence-electron chi connectivity index (χ1n) is 9.00. The zero-order valence-electron chi connectivity index (χ0n) is 14.6. The Kier molecular flexibility index (Phi) is 4.75. The fraction of sp³-hybridized carbons (Fsp3) is 0.400. The molecule has 1 saturated heterocycles. The Labute approximate surface area is 152 Å². The lowest BCUT2D eigenvalue weighted by Crippen LogP contribution is -2.32. The summed E-state index contributed by atoms with van der Waals surface area (Å²) >= 11 is 0. The number of carbonyl (C=O) groups excluding carboxylic acids is 1. The third-order valence-corrected chi connectivity index (χ3v) is 5.09. The highest BCUT2D eigenvalue weighted by molar-refractivity contribution is 5.83. The average molecular weight is 354 g/mol. The van der Waals surface area contributed by atoms with Gasteiger partial charge in [0.1, 0.15) is 18.1 Å². The Morgan fingerprint density at radius 1 is 1.27 bits per heavy atom. The van der Waals surface area contributed by atoms with Crippen molar-refractivity contribution in [2.24, 2.45) is 0 Å². The van der Waals surface area contributed by atoms with Gasteiger partial charge in [-0.25, -0.2) is 0 Å². The largest absolute Gasteiger partial charge is 0.507 e. The number of allylic oxidation sites excluding steroid dienone is 1. The van der Waals surface area contributed by atoms with Gasteiger partial charge in [-0.3, -0.25) is 9.48 Å². The normalized spacial score (nSPS) is 17.8. The molecule has 4 rings (SSSR count). The average Bonchev–Trinajstić information content (AvgIpc) is 3.07. The van der Waals surface area contributed by atoms with Gasteiger partial charge in [-0.2, -0.15) is 5.10 Å². The molecule has 6 nitrogen and oxygen atoms in total. The van der Waals surface area contributed by atoms with Crippen molar-refractivity contribution in [1.29, 1.82) is 0 Å². The highest BCUT2D eigenvalue weighted by Crippen LogP contribution is 2.35. The van der Waals surface area contributed by atoms with E-state index in [1.807, 2.05) is 6.20 Å². The third kappa shape index (κ3) is 3.12. The highest BCUT2D eigenvalue weighted by atomic mass is 16.5. The molecule has 1 aromatic heterocycles. The predicted molar refractivity (Wildman–Crippen MR) is 96.5 cm³/mol. The van der Waals surface area contributed by atoms with Gasteiger partial charge in [-0.05, 0) is 55.0 Å². The number of rotatable bonds is 6. The lowest BCUT2D eigenvalue weighted by Gasteiger charge is -2.29. The summed E-state index contributed by atoms with van der Waals surface area (Å²) in [5.41, 5.74) is 3.86. The van der Waals surface area contributed by atoms with E-state index in [1.54, 1.807) is 12.1 Å². The molecule has 1 aromatic carbocycles. The summed E-state index contributed by atoms with van der Waals surface area (Å²) in [6.07, 6.45) is 6.72. The number of hydrogen-bond acceptors (Lipinski definition) is 5. The number of phenols is 1. The van der Waals surface area contributed by atoms with Crippen LogP contribution in [0.5, 0.6) is 11.5 Å². The minimum Gasteiger partial charge on any atom is -0.507 e. The molecule has 0 spiro atoms. The van der Waals surface area contributed by atoms with Crippen LogP contribution in [-0.4, -0.2) is 41.0 Å². The lowest BCUT2D eigenvalue weighted by atomic mass is 9.90. The Bertz CT molecular complexity index is 836. The van der Waals surface area contributed by atoms with Gasteiger partial charge in [0, 0.05) is 6.20 Å². The molecule has 1 fully saturated rings. The van der Waals surface area contributed by atoms with Crippen LogP contribution >= 0.6 is 0 Å². The topological polar surface area (TPSA) is 73.6 Å². The molecule has 2 aliphatic rings. The summed E-state index contributed by atoms with van der Waals surface area (Å²) < 4.78 is 13.3. The van der Waals surface area contributed by atoms with E-state index in [2.05, 4.69) is 15.8 Å². The molecular formula is C20H22N2O4. The van der Waals surface area contributed by atoms with Gasteiger partial charge >= 0.3 is 0 Å². The Morgan fingerprint density at radius 2 is 2.12 bits per heavy atom. The van der Waals surface area contributed by atoms with Gasteiger partial charge in [0.2, 0.25) is 0 Å². The van der Waals surface area contributed by atoms with E-state index >= 15 is 0 Å². The second kappa shape index (κ2) is 7.33. The molecule has 2 heterocycles. The number of nitrogens with zero attached hydrogens (tertiary/aromatic N) is 2. The van der Waals surface area contributed by atoms with Crippen LogP contribution in [0.25, 0.3) is 5.57 Å². The molecule has 6 heteroatoms. The molecule has 136 valence electrons. The zero-order chi connectivity index (χ0) is 17.9. The summed E-state index contributed by atoms with van der Waals surface area (Å²) in [7, 11) is 0. The first-order valence-corrected chi connectivity index (χ1v) is 9.00. The number of aldehydes is 1. The number of benzene rings is 1. The fourth-order valence-corrected chi connectivity index (χ4v) is 3.59. The molecule has 0 unspecified atom stereocenters. The van der Waals surface area contributed by atoms with Gasteiger partial charge < -0.3 is 14.6 Å². The zero-order valence-corrected chi connectivity index (χ0v) is 14.6. The van der Waals surface area contributed by atoms with Crippen LogP contribution in [0.1, 0.15) is 47.8 Å². The van der Waals surface area contributed by atoms with Crippen LogP contribution in [-0.2, 0) is 4.74 Å². The van der Waals surface area contributed by atoms with Gasteiger partial charge in [0.15, 0.2) is 6.29 Å². The molecule has 1 aliphatic heterocycles. The van der Waals surface area contributed by atoms with Crippen molar-refractivity contribution in [3.05, 3.63) is 47.3 Å². The fourth-order valence-electron chi connectivity index (χ4n) is 3.59. The van der Waals surface area contributed by atoms with Gasteiger partial charge in [0.05, 0.1) is 30.5 Å². The molecular weight excluding hydrogens is 332 g/mol. The van der Waals surface area contributed by atoms with Crippen molar-refractivity contribution in [1.82, 2.24) is 9.78 Å². The molecule has 2 aromatic rings. The van der Waals surface area contributed by atoms with E-state index in [4.69, 9.17) is 9.47 Å². The van der Waals surface area contributed by atoms with Crippen molar-refractivity contribution in [3.8, 4) is 11.5 Å². The van der Waals surface area contributed by atoms with Crippen LogP contribution in [0.3, 0.4) is 0 Å². The molecule has 1 aliphatic carbocycles. The maximum atomic E-state index is 11.2. The second-order valence-corrected chi connectivity index (χ2v) is 6.74. The predicted octanol–water partition coefficient (Wildman–Crippen LogP) is 3.38. The number of phenolic OH excluding ortho intramolecular Hbond substituents is 1. The summed E-state index contributed by atoms with van der Waals surface area (Å²) in [6, 6.07) is 7.25. The van der Waals surface area contributed by atoms with Crippen molar-refractivity contribution >= 4 is 11.9 Å². The molecule has 0 amide bonds. The number of ether oxygens (including phenoxy) is 2. The maximum Gasteiger partial charge on any atom is 0.157 e. The summed E-state index contributed by atoms with van der Waals surface area (Å²) in [6.45, 7) is 1.82. The minimum atomic E-state index is -0.0570. The van der Waals surface area contributed by atoms with Crippen LogP contribution in [0.4, 0.5) is 0 Å². The Morgan fingerprint density at radius 3 is 2.88 bits per heavy atom. The summed E-state index contributed by atoms with van der Waals surface area (Å²) in [5, 5.41) is 14.3. The summed E-state index contributed by atoms with van der Waals surface area (Å²) in [5.74, 6) is 0.358. The van der Waals surface area contributed by atoms with E-state index in [0.29, 0.717) is 37.9 Å². The highest BCUT2D eigenvalue weighted by Gasteiger charge is 2.26. The molecule has 0 bridgehead atoms. The minimum absolute atomic E-state index is 0.0570. The molecule has 0 radical (unpaired) electrons. The van der Waals surface area contributed by atoms with Crippen molar-refractivity contribution in [2.75, 3.05) is 19.8 Å². The standard InChI is InChI=1S/C20H22N2O4/c23-10-17-19(24)6-3-7-20(17)26-11-14-4-1-2-5-16(14)18-8-9-21-22(18)15-12-25-13-15/h3,6-10,15,24H,1-2,4-5,11-13H2. The van der Waals surface area contributed by atoms with E-state index in [9.17, 15) is 9.90 Å². The first-order chi connectivity index (χ1) is 12.8. The lowest BCUT2D eigenvalue weighted by molar-refractivity contribution is -0.0290. The first kappa shape index (κ1) is 16.8. The third-order valence-electron chi connectivity index (χ3n) is 5.09. The quantitative estimate of drug-likeness (QED) is 0.805. The Balaban J connectivity index is 1.60. The van der Waals surface area contributed by atoms with Crippen LogP contribution in [0.15, 0.2) is 36.0 Å². The number of carbonyl (C=O) groups is 1. The monoisotopic (exact) mass is 354 g/mol. The van der Waals surface area contributed by atoms with Crippen molar-refractivity contribution in [2.45, 2.75) is 31.7 Å². The smallest absolute Gasteiger partial charge is 0.157 e. The van der Waals surface area contributed by atoms with E-state index < -0.39 is 0 Å². The van der Waals surface area contributed by atoms with Gasteiger partial charge in [0.25, 0.3) is 0 Å². The maximum absolute atomic E-state index is 11.2. The van der Waals surface area contributed by atoms with E-state index in [-0.39, 0.29) is 11.3 Å². The van der Waals surface area contributed by atoms with Crippen LogP contribution < -0.4 is 4.74 Å². The molecule has 0 atom stereocenters.